The molecule has 0 saturated carbocycles. The molecule has 1 aliphatic rings. The first-order valence-electron chi connectivity index (χ1n) is 13.1. The van der Waals surface area contributed by atoms with Crippen LogP contribution in [0.2, 0.25) is 0 Å². The lowest BCUT2D eigenvalue weighted by Crippen LogP contribution is -2.33. The van der Waals surface area contributed by atoms with Gasteiger partial charge in [0, 0.05) is 17.6 Å². The number of nitrogens with zero attached hydrogens (tertiary/aromatic N) is 3. The molecule has 0 radical (unpaired) electrons. The van der Waals surface area contributed by atoms with Crippen LogP contribution in [0.5, 0.6) is 0 Å². The van der Waals surface area contributed by atoms with Crippen LogP contribution in [-0.4, -0.2) is 33.8 Å². The lowest BCUT2D eigenvalue weighted by Gasteiger charge is -2.26. The van der Waals surface area contributed by atoms with Crippen molar-refractivity contribution in [1.29, 1.82) is 0 Å². The number of pyridine rings is 1. The first-order chi connectivity index (χ1) is 20.2. The number of allylic oxidation sites excluding steroid dienone is 1. The van der Waals surface area contributed by atoms with Crippen LogP contribution in [0.3, 0.4) is 0 Å². The van der Waals surface area contributed by atoms with Gasteiger partial charge in [-0.15, -0.1) is 0 Å². The Hall–Kier alpha value is -5.07. The Morgan fingerprint density at radius 3 is 2.49 bits per heavy atom. The van der Waals surface area contributed by atoms with Crippen LogP contribution in [0, 0.1) is 5.82 Å². The van der Waals surface area contributed by atoms with E-state index >= 15 is 0 Å². The Bertz CT molecular complexity index is 1660. The van der Waals surface area contributed by atoms with Crippen LogP contribution in [0.4, 0.5) is 29.1 Å². The molecule has 224 valence electrons. The molecule has 1 unspecified atom stereocenters. The van der Waals surface area contributed by atoms with Gasteiger partial charge in [-0.3, -0.25) is 4.79 Å². The summed E-state index contributed by atoms with van der Waals surface area (Å²) in [6, 6.07) is 9.93. The Morgan fingerprint density at radius 1 is 1.07 bits per heavy atom. The van der Waals surface area contributed by atoms with Gasteiger partial charge < -0.3 is 21.1 Å². The van der Waals surface area contributed by atoms with Gasteiger partial charge in [-0.2, -0.15) is 13.2 Å². The minimum atomic E-state index is -4.64. The number of alkyl halides is 3. The van der Waals surface area contributed by atoms with Gasteiger partial charge in [0.1, 0.15) is 23.5 Å². The zero-order valence-electron chi connectivity index (χ0n) is 23.5. The molecule has 2 aromatic carbocycles. The lowest BCUT2D eigenvalue weighted by molar-refractivity contribution is -0.137. The number of hydrogen-bond donors (Lipinski definition) is 4. The van der Waals surface area contributed by atoms with E-state index in [1.165, 1.54) is 36.5 Å². The number of carboxylic acids is 1. The number of anilines is 2. The smallest absolute Gasteiger partial charge is 0.416 e. The number of guanidine groups is 1. The van der Waals surface area contributed by atoms with Crippen molar-refractivity contribution in [3.8, 4) is 0 Å². The zero-order chi connectivity index (χ0) is 31.5. The number of carboxylic acid groups (broad SMARTS) is 1. The summed E-state index contributed by atoms with van der Waals surface area (Å²) in [5.41, 5.74) is 0.594. The van der Waals surface area contributed by atoms with Crippen LogP contribution < -0.4 is 16.0 Å². The third-order valence-corrected chi connectivity index (χ3v) is 6.48. The number of benzene rings is 2. The Morgan fingerprint density at radius 2 is 1.81 bits per heavy atom. The monoisotopic (exact) mass is 596 g/mol. The van der Waals surface area contributed by atoms with Gasteiger partial charge in [-0.05, 0) is 73.4 Å². The predicted octanol–water partition coefficient (Wildman–Crippen LogP) is 6.50. The highest BCUT2D eigenvalue weighted by atomic mass is 19.4. The number of rotatable bonds is 6. The fourth-order valence-corrected chi connectivity index (χ4v) is 4.46. The van der Waals surface area contributed by atoms with Crippen LogP contribution in [0.1, 0.15) is 66.7 Å². The number of aromatic carboxylic acids is 1. The number of hydrogen-bond acceptors (Lipinski definition) is 6. The van der Waals surface area contributed by atoms with Gasteiger partial charge in [0.15, 0.2) is 0 Å². The molecule has 43 heavy (non-hydrogen) atoms. The van der Waals surface area contributed by atoms with E-state index in [1.54, 1.807) is 19.9 Å². The van der Waals surface area contributed by atoms with E-state index in [0.717, 1.165) is 18.2 Å². The molecule has 9 nitrogen and oxygen atoms in total. The highest BCUT2D eigenvalue weighted by Crippen LogP contribution is 2.36. The van der Waals surface area contributed by atoms with Crippen LogP contribution in [0.15, 0.2) is 82.0 Å². The molecule has 2 heterocycles. The van der Waals surface area contributed by atoms with Gasteiger partial charge in [0.05, 0.1) is 16.7 Å². The molecule has 3 aromatic rings. The van der Waals surface area contributed by atoms with Crippen molar-refractivity contribution in [2.75, 3.05) is 10.6 Å². The summed E-state index contributed by atoms with van der Waals surface area (Å²) in [5.74, 6) is -2.08. The second-order valence-corrected chi connectivity index (χ2v) is 10.0. The minimum Gasteiger partial charge on any atom is -0.478 e. The van der Waals surface area contributed by atoms with Gasteiger partial charge >= 0.3 is 12.1 Å². The summed E-state index contributed by atoms with van der Waals surface area (Å²) in [7, 11) is 0. The molecule has 1 atom stereocenters. The fraction of sp³-hybridized carbons (Fsp3) is 0.233. The number of halogens is 4. The van der Waals surface area contributed by atoms with Gasteiger partial charge in [-0.1, -0.05) is 26.0 Å². The van der Waals surface area contributed by atoms with Crippen molar-refractivity contribution in [3.63, 3.8) is 0 Å². The number of amidine groups is 1. The van der Waals surface area contributed by atoms with Gasteiger partial charge in [0.2, 0.25) is 5.96 Å². The van der Waals surface area contributed by atoms with E-state index in [9.17, 15) is 32.3 Å². The number of aromatic nitrogens is 1. The van der Waals surface area contributed by atoms with E-state index < -0.39 is 29.7 Å². The molecule has 1 aliphatic heterocycles. The Labute approximate surface area is 244 Å². The molecule has 0 aliphatic carbocycles. The maximum absolute atomic E-state index is 13.8. The van der Waals surface area contributed by atoms with Crippen molar-refractivity contribution in [1.82, 2.24) is 10.3 Å². The summed E-state index contributed by atoms with van der Waals surface area (Å²) in [6.45, 7) is 7.00. The van der Waals surface area contributed by atoms with Crippen molar-refractivity contribution >= 4 is 35.2 Å². The maximum Gasteiger partial charge on any atom is 0.416 e. The van der Waals surface area contributed by atoms with E-state index in [4.69, 9.17) is 0 Å². The molecule has 0 spiro atoms. The second kappa shape index (κ2) is 12.4. The average molecular weight is 597 g/mol. The summed E-state index contributed by atoms with van der Waals surface area (Å²) in [5, 5.41) is 17.8. The third-order valence-electron chi connectivity index (χ3n) is 6.48. The molecule has 13 heteroatoms. The first kappa shape index (κ1) is 30.9. The van der Waals surface area contributed by atoms with E-state index in [1.807, 2.05) is 13.8 Å². The molecule has 4 rings (SSSR count). The van der Waals surface area contributed by atoms with Crippen molar-refractivity contribution in [2.45, 2.75) is 45.8 Å². The molecule has 0 bridgehead atoms. The zero-order valence-corrected chi connectivity index (χ0v) is 23.5. The van der Waals surface area contributed by atoms with Crippen molar-refractivity contribution in [2.24, 2.45) is 9.98 Å². The van der Waals surface area contributed by atoms with Crippen molar-refractivity contribution < 1.29 is 32.3 Å². The number of aliphatic imine (C=N–C) groups is 2. The number of amides is 1. The maximum atomic E-state index is 13.8. The molecular weight excluding hydrogens is 568 g/mol. The molecule has 0 fully saturated rings. The quantitative estimate of drug-likeness (QED) is 0.146. The standard InChI is InChI=1S/C30H28F4N6O3/c1-15(2)22-14-21(31)8-9-23(22)37-17(4)38-29-36-16(3)25(27(41)39-24-13-19(28(42)43)10-11-35-24)26(40-29)18-6-5-7-20(12-18)30(32,33)34/h5-15,26H,1-4H3,(H,42,43)(H,35,39,41)(H2,36,37,38,40). The normalized spacial score (nSPS) is 15.6. The average Bonchev–Trinajstić information content (AvgIpc) is 2.93. The fourth-order valence-electron chi connectivity index (χ4n) is 4.46. The third kappa shape index (κ3) is 7.42. The molecule has 1 amide bonds. The number of carbonyl (C=O) groups is 2. The van der Waals surface area contributed by atoms with Crippen LogP contribution in [-0.2, 0) is 11.0 Å². The molecule has 0 saturated heterocycles. The predicted molar refractivity (Wildman–Crippen MR) is 155 cm³/mol. The number of carbonyl (C=O) groups excluding carboxylic acids is 1. The van der Waals surface area contributed by atoms with E-state index in [-0.39, 0.29) is 45.9 Å². The lowest BCUT2D eigenvalue weighted by atomic mass is 9.94. The van der Waals surface area contributed by atoms with Gasteiger partial charge in [-0.25, -0.2) is 24.2 Å². The molecule has 1 aromatic heterocycles. The van der Waals surface area contributed by atoms with Crippen LogP contribution in [0.25, 0.3) is 0 Å². The summed E-state index contributed by atoms with van der Waals surface area (Å²) < 4.78 is 54.6. The molecule has 4 N–H and O–H groups in total. The van der Waals surface area contributed by atoms with Crippen LogP contribution >= 0.6 is 0 Å². The highest BCUT2D eigenvalue weighted by molar-refractivity contribution is 6.08. The SMILES string of the molecule is CC(=NC1=NC(c2cccc(C(F)(F)F)c2)C(C(=O)Nc2cc(C(=O)O)ccn2)=C(C)N1)Nc1ccc(F)cc1C(C)C. The molecular formula is C30H28F4N6O3. The minimum absolute atomic E-state index is 0.00151. The van der Waals surface area contributed by atoms with Gasteiger partial charge in [0.25, 0.3) is 5.91 Å². The Balaban J connectivity index is 1.72. The second-order valence-electron chi connectivity index (χ2n) is 10.0. The summed E-state index contributed by atoms with van der Waals surface area (Å²) in [4.78, 5) is 37.7. The highest BCUT2D eigenvalue weighted by Gasteiger charge is 2.34. The summed E-state index contributed by atoms with van der Waals surface area (Å²) >= 11 is 0. The Kier molecular flexibility index (Phi) is 8.93. The van der Waals surface area contributed by atoms with E-state index in [2.05, 4.69) is 30.9 Å². The first-order valence-corrected chi connectivity index (χ1v) is 13.1. The van der Waals surface area contributed by atoms with Crippen molar-refractivity contribution in [3.05, 3.63) is 100 Å². The summed E-state index contributed by atoms with van der Waals surface area (Å²) in [6.07, 6.45) is -3.43. The number of nitrogens with one attached hydrogen (secondary N) is 3. The largest absolute Gasteiger partial charge is 0.478 e. The van der Waals surface area contributed by atoms with E-state index in [0.29, 0.717) is 17.1 Å². The topological polar surface area (TPSA) is 128 Å².